The summed E-state index contributed by atoms with van der Waals surface area (Å²) in [5, 5.41) is 12.4. The van der Waals surface area contributed by atoms with Gasteiger partial charge in [0.1, 0.15) is 0 Å². The molecule has 3 aliphatic rings. The minimum absolute atomic E-state index is 0.00192. The fourth-order valence-electron chi connectivity index (χ4n) is 5.83. The van der Waals surface area contributed by atoms with Gasteiger partial charge >= 0.3 is 0 Å². The summed E-state index contributed by atoms with van der Waals surface area (Å²) in [7, 11) is 0. The van der Waals surface area contributed by atoms with E-state index in [1.807, 2.05) is 27.7 Å². The molecule has 1 heterocycles. The molecule has 0 radical (unpaired) electrons. The van der Waals surface area contributed by atoms with Crippen molar-refractivity contribution in [3.63, 3.8) is 0 Å². The second kappa shape index (κ2) is 6.85. The summed E-state index contributed by atoms with van der Waals surface area (Å²) in [6.45, 7) is 7.89. The predicted octanol–water partition coefficient (Wildman–Crippen LogP) is 2.81. The molecule has 0 unspecified atom stereocenters. The van der Waals surface area contributed by atoms with Crippen LogP contribution >= 0.6 is 23.2 Å². The first-order chi connectivity index (χ1) is 12.4. The third-order valence-corrected chi connectivity index (χ3v) is 8.41. The Balaban J connectivity index is 1.95. The SMILES string of the molecule is CC1=CC(=O)[C@H]2C(C)(C)[C@@H](Cl)[C@H](Cl)C[C@]2(C)[C@H]1C[C@H](O)[C@H]1CC(=O)NC1=O. The molecule has 0 aromatic heterocycles. The van der Waals surface area contributed by atoms with Crippen molar-refractivity contribution >= 4 is 40.8 Å². The number of aliphatic hydroxyl groups is 1. The number of aliphatic hydroxyl groups excluding tert-OH is 1. The number of imide groups is 1. The fourth-order valence-corrected chi connectivity index (χ4v) is 6.70. The van der Waals surface area contributed by atoms with E-state index in [4.69, 9.17) is 23.2 Å². The number of rotatable bonds is 3. The average Bonchev–Trinajstić information content (AvgIpc) is 2.87. The first-order valence-corrected chi connectivity index (χ1v) is 10.3. The summed E-state index contributed by atoms with van der Waals surface area (Å²) < 4.78 is 0. The predicted molar refractivity (Wildman–Crippen MR) is 103 cm³/mol. The number of ketones is 1. The molecule has 0 spiro atoms. The van der Waals surface area contributed by atoms with E-state index >= 15 is 0 Å². The van der Waals surface area contributed by atoms with Crippen LogP contribution in [0.2, 0.25) is 0 Å². The van der Waals surface area contributed by atoms with Gasteiger partial charge in [0.2, 0.25) is 11.8 Å². The Labute approximate surface area is 169 Å². The zero-order valence-electron chi connectivity index (χ0n) is 16.1. The second-order valence-corrected chi connectivity index (χ2v) is 10.3. The average molecular weight is 416 g/mol. The van der Waals surface area contributed by atoms with Crippen molar-refractivity contribution in [1.29, 1.82) is 0 Å². The van der Waals surface area contributed by atoms with E-state index in [2.05, 4.69) is 5.32 Å². The first-order valence-electron chi connectivity index (χ1n) is 9.41. The Morgan fingerprint density at radius 1 is 1.26 bits per heavy atom. The number of allylic oxidation sites excluding steroid dienone is 2. The summed E-state index contributed by atoms with van der Waals surface area (Å²) in [4.78, 5) is 36.4. The summed E-state index contributed by atoms with van der Waals surface area (Å²) in [6.07, 6.45) is 1.56. The lowest BCUT2D eigenvalue weighted by atomic mass is 9.47. The van der Waals surface area contributed by atoms with Crippen LogP contribution in [0, 0.1) is 28.6 Å². The van der Waals surface area contributed by atoms with E-state index < -0.39 is 28.8 Å². The highest BCUT2D eigenvalue weighted by molar-refractivity contribution is 6.30. The topological polar surface area (TPSA) is 83.5 Å². The van der Waals surface area contributed by atoms with Crippen LogP contribution in [-0.4, -0.2) is 39.6 Å². The Bertz CT molecular complexity index is 719. The molecule has 0 aromatic carbocycles. The van der Waals surface area contributed by atoms with E-state index in [-0.39, 0.29) is 40.7 Å². The minimum atomic E-state index is -0.957. The van der Waals surface area contributed by atoms with Crippen LogP contribution in [0.25, 0.3) is 0 Å². The van der Waals surface area contributed by atoms with Gasteiger partial charge in [-0.1, -0.05) is 26.3 Å². The van der Waals surface area contributed by atoms with E-state index in [1.54, 1.807) is 6.08 Å². The summed E-state index contributed by atoms with van der Waals surface area (Å²) >= 11 is 13.2. The number of hydrogen-bond donors (Lipinski definition) is 2. The van der Waals surface area contributed by atoms with Crippen molar-refractivity contribution in [3.05, 3.63) is 11.6 Å². The largest absolute Gasteiger partial charge is 0.392 e. The monoisotopic (exact) mass is 415 g/mol. The van der Waals surface area contributed by atoms with Crippen LogP contribution in [0.5, 0.6) is 0 Å². The molecule has 5 nitrogen and oxygen atoms in total. The van der Waals surface area contributed by atoms with Crippen LogP contribution in [0.15, 0.2) is 11.6 Å². The maximum absolute atomic E-state index is 12.9. The molecule has 3 rings (SSSR count). The molecule has 0 aromatic rings. The van der Waals surface area contributed by atoms with Gasteiger partial charge in [0.25, 0.3) is 0 Å². The van der Waals surface area contributed by atoms with E-state index in [0.29, 0.717) is 12.8 Å². The highest BCUT2D eigenvalue weighted by Gasteiger charge is 2.61. The van der Waals surface area contributed by atoms with Crippen molar-refractivity contribution in [2.45, 2.75) is 63.8 Å². The molecule has 7 atom stereocenters. The first kappa shape index (κ1) is 20.8. The summed E-state index contributed by atoms with van der Waals surface area (Å²) in [5.41, 5.74) is -0.0913. The molecule has 0 bridgehead atoms. The lowest BCUT2D eigenvalue weighted by Crippen LogP contribution is -2.60. The van der Waals surface area contributed by atoms with Crippen LogP contribution in [0.3, 0.4) is 0 Å². The standard InChI is InChI=1S/C20H27Cl2NO4/c1-9-5-14(25)16-19(2,3)17(22)12(21)8-20(16,4)11(9)7-13(24)10-6-15(26)23-18(10)27/h5,10-13,16-17,24H,6-8H2,1-4H3,(H,23,26,27)/t10-,11+,12-,13+,16+,17+,20-/m1/s1. The smallest absolute Gasteiger partial charge is 0.232 e. The molecule has 2 N–H and O–H groups in total. The number of carbonyl (C=O) groups excluding carboxylic acids is 3. The molecule has 1 aliphatic heterocycles. The van der Waals surface area contributed by atoms with Crippen LogP contribution in [-0.2, 0) is 14.4 Å². The van der Waals surface area contributed by atoms with Gasteiger partial charge in [-0.2, -0.15) is 0 Å². The molecular formula is C20H27Cl2NO4. The molecule has 2 amide bonds. The van der Waals surface area contributed by atoms with E-state index in [0.717, 1.165) is 5.57 Å². The second-order valence-electron chi connectivity index (χ2n) is 9.25. The summed E-state index contributed by atoms with van der Waals surface area (Å²) in [5.74, 6) is -1.92. The van der Waals surface area contributed by atoms with Crippen molar-refractivity contribution < 1.29 is 19.5 Å². The fraction of sp³-hybridized carbons (Fsp3) is 0.750. The number of hydrogen-bond acceptors (Lipinski definition) is 4. The maximum Gasteiger partial charge on any atom is 0.232 e. The van der Waals surface area contributed by atoms with Gasteiger partial charge in [-0.05, 0) is 42.6 Å². The Morgan fingerprint density at radius 2 is 1.89 bits per heavy atom. The van der Waals surface area contributed by atoms with Crippen LogP contribution in [0.4, 0.5) is 0 Å². The molecule has 150 valence electrons. The number of nitrogens with one attached hydrogen (secondary N) is 1. The van der Waals surface area contributed by atoms with Gasteiger partial charge in [-0.3, -0.25) is 19.7 Å². The van der Waals surface area contributed by atoms with E-state index in [1.165, 1.54) is 0 Å². The highest BCUT2D eigenvalue weighted by atomic mass is 35.5. The number of carbonyl (C=O) groups is 3. The number of halogens is 2. The lowest BCUT2D eigenvalue weighted by Gasteiger charge is -2.58. The van der Waals surface area contributed by atoms with Crippen molar-refractivity contribution in [1.82, 2.24) is 5.32 Å². The Kier molecular flexibility index (Phi) is 5.28. The zero-order valence-corrected chi connectivity index (χ0v) is 17.6. The van der Waals surface area contributed by atoms with Crippen LogP contribution in [0.1, 0.15) is 47.0 Å². The number of fused-ring (bicyclic) bond motifs is 1. The third-order valence-electron chi connectivity index (χ3n) is 7.01. The minimum Gasteiger partial charge on any atom is -0.392 e. The van der Waals surface area contributed by atoms with Gasteiger partial charge in [0, 0.05) is 12.3 Å². The van der Waals surface area contributed by atoms with E-state index in [9.17, 15) is 19.5 Å². The Morgan fingerprint density at radius 3 is 2.44 bits per heavy atom. The molecule has 1 saturated carbocycles. The van der Waals surface area contributed by atoms with Gasteiger partial charge in [0.05, 0.1) is 22.8 Å². The van der Waals surface area contributed by atoms with Crippen LogP contribution < -0.4 is 5.32 Å². The third kappa shape index (κ3) is 3.26. The molecule has 2 fully saturated rings. The number of alkyl halides is 2. The molecule has 1 saturated heterocycles. The molecule has 2 aliphatic carbocycles. The molecular weight excluding hydrogens is 389 g/mol. The van der Waals surface area contributed by atoms with Crippen molar-refractivity contribution in [3.8, 4) is 0 Å². The lowest BCUT2D eigenvalue weighted by molar-refractivity contribution is -0.138. The maximum atomic E-state index is 12.9. The zero-order chi connectivity index (χ0) is 20.3. The normalized spacial score (nSPS) is 42.4. The van der Waals surface area contributed by atoms with Gasteiger partial charge in [-0.25, -0.2) is 0 Å². The van der Waals surface area contributed by atoms with Gasteiger partial charge < -0.3 is 5.11 Å². The Hall–Kier alpha value is -0.910. The van der Waals surface area contributed by atoms with Crippen molar-refractivity contribution in [2.75, 3.05) is 0 Å². The van der Waals surface area contributed by atoms with Gasteiger partial charge in [-0.15, -0.1) is 23.2 Å². The molecule has 7 heteroatoms. The summed E-state index contributed by atoms with van der Waals surface area (Å²) in [6, 6.07) is 0. The van der Waals surface area contributed by atoms with Crippen molar-refractivity contribution in [2.24, 2.45) is 28.6 Å². The highest BCUT2D eigenvalue weighted by Crippen LogP contribution is 2.61. The quantitative estimate of drug-likeness (QED) is 0.548. The van der Waals surface area contributed by atoms with Gasteiger partial charge in [0.15, 0.2) is 5.78 Å². The number of amides is 2. The molecule has 27 heavy (non-hydrogen) atoms.